The van der Waals surface area contributed by atoms with Gasteiger partial charge >= 0.3 is 0 Å². The molecule has 0 spiro atoms. The minimum Gasteiger partial charge on any atom is -0.381 e. The summed E-state index contributed by atoms with van der Waals surface area (Å²) < 4.78 is 5.65. The van der Waals surface area contributed by atoms with Crippen molar-refractivity contribution in [3.8, 4) is 0 Å². The average Bonchev–Trinajstić information content (AvgIpc) is 3.41. The fourth-order valence-corrected chi connectivity index (χ4v) is 2.74. The highest BCUT2D eigenvalue weighted by Gasteiger charge is 2.20. The highest BCUT2D eigenvalue weighted by Crippen LogP contribution is 2.28. The van der Waals surface area contributed by atoms with Crippen molar-refractivity contribution in [2.24, 2.45) is 10.9 Å². The van der Waals surface area contributed by atoms with E-state index in [-0.39, 0.29) is 30.0 Å². The van der Waals surface area contributed by atoms with Gasteiger partial charge in [0.2, 0.25) is 0 Å². The lowest BCUT2D eigenvalue weighted by Gasteiger charge is -2.26. The van der Waals surface area contributed by atoms with Crippen LogP contribution in [0.5, 0.6) is 0 Å². The monoisotopic (exact) mass is 494 g/mol. The van der Waals surface area contributed by atoms with Gasteiger partial charge in [-0.15, -0.1) is 24.0 Å². The summed E-state index contributed by atoms with van der Waals surface area (Å²) >= 11 is 5.99. The van der Waals surface area contributed by atoms with E-state index < -0.39 is 0 Å². The van der Waals surface area contributed by atoms with Gasteiger partial charge in [-0.2, -0.15) is 0 Å². The third kappa shape index (κ3) is 8.88. The van der Waals surface area contributed by atoms with E-state index >= 15 is 0 Å². The summed E-state index contributed by atoms with van der Waals surface area (Å²) in [5, 5.41) is 7.51. The number of nitrogens with one attached hydrogen (secondary N) is 2. The largest absolute Gasteiger partial charge is 0.381 e. The summed E-state index contributed by atoms with van der Waals surface area (Å²) in [6.07, 6.45) is 3.67. The molecule has 1 atom stereocenters. The van der Waals surface area contributed by atoms with Crippen LogP contribution >= 0.6 is 35.6 Å². The zero-order valence-corrected chi connectivity index (χ0v) is 19.1. The van der Waals surface area contributed by atoms with E-state index in [0.29, 0.717) is 0 Å². The molecule has 1 aliphatic carbocycles. The molecule has 1 aromatic rings. The molecule has 148 valence electrons. The number of nitrogens with zero attached hydrogens (tertiary/aromatic N) is 2. The van der Waals surface area contributed by atoms with Gasteiger partial charge in [0.05, 0.1) is 6.04 Å². The van der Waals surface area contributed by atoms with Crippen LogP contribution in [0, 0.1) is 5.92 Å². The third-order valence-corrected chi connectivity index (χ3v) is 4.62. The van der Waals surface area contributed by atoms with Crippen molar-refractivity contribution < 1.29 is 4.74 Å². The molecule has 0 bridgehead atoms. The van der Waals surface area contributed by atoms with E-state index in [1.807, 2.05) is 12.1 Å². The van der Waals surface area contributed by atoms with Crippen LogP contribution in [0.4, 0.5) is 0 Å². The smallest absolute Gasteiger partial charge is 0.191 e. The van der Waals surface area contributed by atoms with Crippen LogP contribution in [0.2, 0.25) is 5.02 Å². The van der Waals surface area contributed by atoms with Crippen molar-refractivity contribution in [2.45, 2.75) is 25.3 Å². The van der Waals surface area contributed by atoms with Crippen LogP contribution in [0.25, 0.3) is 0 Å². The molecule has 1 fully saturated rings. The summed E-state index contributed by atoms with van der Waals surface area (Å²) in [7, 11) is 5.95. The Morgan fingerprint density at radius 1 is 1.27 bits per heavy atom. The van der Waals surface area contributed by atoms with Gasteiger partial charge in [0, 0.05) is 38.4 Å². The number of rotatable bonds is 10. The van der Waals surface area contributed by atoms with E-state index in [1.54, 1.807) is 7.05 Å². The van der Waals surface area contributed by atoms with Crippen molar-refractivity contribution in [1.82, 2.24) is 15.5 Å². The number of ether oxygens (including phenoxy) is 1. The van der Waals surface area contributed by atoms with Crippen molar-refractivity contribution in [3.63, 3.8) is 0 Å². The number of benzene rings is 1. The number of aliphatic imine (C=N–C) groups is 1. The SMILES string of the molecule is CN=C(NCCCOCC1CC1)NCC(c1ccc(Cl)cc1)N(C)C.I. The summed E-state index contributed by atoms with van der Waals surface area (Å²) in [6, 6.07) is 8.26. The molecule has 0 radical (unpaired) electrons. The van der Waals surface area contributed by atoms with Crippen LogP contribution in [-0.4, -0.2) is 58.3 Å². The quantitative estimate of drug-likeness (QED) is 0.226. The topological polar surface area (TPSA) is 48.9 Å². The maximum atomic E-state index is 5.99. The molecule has 1 aromatic carbocycles. The minimum atomic E-state index is 0. The molecule has 1 unspecified atom stereocenters. The van der Waals surface area contributed by atoms with E-state index in [9.17, 15) is 0 Å². The van der Waals surface area contributed by atoms with Crippen LogP contribution in [0.3, 0.4) is 0 Å². The first-order chi connectivity index (χ1) is 12.1. The second-order valence-corrected chi connectivity index (χ2v) is 7.22. The first-order valence-corrected chi connectivity index (χ1v) is 9.42. The molecule has 0 amide bonds. The molecule has 5 nitrogen and oxygen atoms in total. The fraction of sp³-hybridized carbons (Fsp3) is 0.632. The van der Waals surface area contributed by atoms with E-state index in [4.69, 9.17) is 16.3 Å². The zero-order valence-electron chi connectivity index (χ0n) is 16.0. The minimum absolute atomic E-state index is 0. The molecule has 1 aliphatic rings. The summed E-state index contributed by atoms with van der Waals surface area (Å²) in [4.78, 5) is 6.49. The number of guanidine groups is 1. The standard InChI is InChI=1S/C19H31ClN4O.HI/c1-21-19(22-11-4-12-25-14-15-5-6-15)23-13-18(24(2)3)16-7-9-17(20)10-8-16;/h7-10,15,18H,4-6,11-14H2,1-3H3,(H2,21,22,23);1H. The molecule has 2 N–H and O–H groups in total. The van der Waals surface area contributed by atoms with Crippen LogP contribution < -0.4 is 10.6 Å². The van der Waals surface area contributed by atoms with Crippen molar-refractivity contribution in [1.29, 1.82) is 0 Å². The Kier molecular flexibility index (Phi) is 11.5. The maximum absolute atomic E-state index is 5.99. The predicted octanol–water partition coefficient (Wildman–Crippen LogP) is 3.54. The second kappa shape index (κ2) is 12.8. The van der Waals surface area contributed by atoms with Crippen LogP contribution in [-0.2, 0) is 4.74 Å². The molecule has 0 aliphatic heterocycles. The van der Waals surface area contributed by atoms with Crippen molar-refractivity contribution in [3.05, 3.63) is 34.9 Å². The van der Waals surface area contributed by atoms with Gasteiger partial charge in [0.15, 0.2) is 5.96 Å². The van der Waals surface area contributed by atoms with Crippen LogP contribution in [0.1, 0.15) is 30.9 Å². The highest BCUT2D eigenvalue weighted by molar-refractivity contribution is 14.0. The molecule has 1 saturated carbocycles. The normalized spacial score (nSPS) is 15.5. The first-order valence-electron chi connectivity index (χ1n) is 9.04. The molecule has 26 heavy (non-hydrogen) atoms. The van der Waals surface area contributed by atoms with Gasteiger partial charge < -0.3 is 20.3 Å². The summed E-state index contributed by atoms with van der Waals surface area (Å²) in [6.45, 7) is 3.37. The number of halogens is 2. The van der Waals surface area contributed by atoms with Gasteiger partial charge in [-0.1, -0.05) is 23.7 Å². The molecule has 2 rings (SSSR count). The molecular weight excluding hydrogens is 463 g/mol. The lowest BCUT2D eigenvalue weighted by Crippen LogP contribution is -2.42. The number of hydrogen-bond acceptors (Lipinski definition) is 3. The Hall–Kier alpha value is -0.570. The Balaban J connectivity index is 0.00000338. The number of likely N-dealkylation sites (N-methyl/N-ethyl adjacent to an activating group) is 1. The molecule has 0 aromatic heterocycles. The maximum Gasteiger partial charge on any atom is 0.191 e. The Morgan fingerprint density at radius 2 is 1.96 bits per heavy atom. The summed E-state index contributed by atoms with van der Waals surface area (Å²) in [5.74, 6) is 1.65. The van der Waals surface area contributed by atoms with E-state index in [0.717, 1.165) is 49.6 Å². The zero-order chi connectivity index (χ0) is 18.1. The molecule has 7 heteroatoms. The number of hydrogen-bond donors (Lipinski definition) is 2. The van der Waals surface area contributed by atoms with Gasteiger partial charge in [-0.05, 0) is 57.0 Å². The van der Waals surface area contributed by atoms with Crippen molar-refractivity contribution >= 4 is 41.5 Å². The second-order valence-electron chi connectivity index (χ2n) is 6.78. The van der Waals surface area contributed by atoms with Gasteiger partial charge in [0.1, 0.15) is 0 Å². The van der Waals surface area contributed by atoms with Gasteiger partial charge in [0.25, 0.3) is 0 Å². The predicted molar refractivity (Wildman–Crippen MR) is 121 cm³/mol. The summed E-state index contributed by atoms with van der Waals surface area (Å²) in [5.41, 5.74) is 1.23. The van der Waals surface area contributed by atoms with Crippen LogP contribution in [0.15, 0.2) is 29.3 Å². The van der Waals surface area contributed by atoms with Gasteiger partial charge in [-0.25, -0.2) is 0 Å². The molecule has 0 heterocycles. The Bertz CT molecular complexity index is 535. The molecule has 0 saturated heterocycles. The fourth-order valence-electron chi connectivity index (χ4n) is 2.61. The van der Waals surface area contributed by atoms with E-state index in [2.05, 4.69) is 46.8 Å². The lowest BCUT2D eigenvalue weighted by molar-refractivity contribution is 0.123. The highest BCUT2D eigenvalue weighted by atomic mass is 127. The third-order valence-electron chi connectivity index (χ3n) is 4.37. The van der Waals surface area contributed by atoms with Gasteiger partial charge in [-0.3, -0.25) is 4.99 Å². The first kappa shape index (κ1) is 23.5. The van der Waals surface area contributed by atoms with Crippen molar-refractivity contribution in [2.75, 3.05) is 47.4 Å². The Labute approximate surface area is 179 Å². The molecular formula is C19H32ClIN4O. The Morgan fingerprint density at radius 3 is 2.54 bits per heavy atom. The average molecular weight is 495 g/mol. The van der Waals surface area contributed by atoms with E-state index in [1.165, 1.54) is 18.4 Å². The lowest BCUT2D eigenvalue weighted by atomic mass is 10.1.